The van der Waals surface area contributed by atoms with Crippen molar-refractivity contribution in [2.45, 2.75) is 20.4 Å². The number of nitrogens with zero attached hydrogens (tertiary/aromatic N) is 3. The summed E-state index contributed by atoms with van der Waals surface area (Å²) in [4.78, 5) is 2.37. The molecule has 0 atom stereocenters. The predicted molar refractivity (Wildman–Crippen MR) is 67.3 cm³/mol. The van der Waals surface area contributed by atoms with Gasteiger partial charge < -0.3 is 10.2 Å². The highest BCUT2D eigenvalue weighted by molar-refractivity contribution is 5.39. The third kappa shape index (κ3) is 3.95. The van der Waals surface area contributed by atoms with E-state index in [-0.39, 0.29) is 0 Å². The van der Waals surface area contributed by atoms with Gasteiger partial charge in [-0.05, 0) is 13.1 Å². The number of terminal acetylenes is 1. The number of hydrogen-bond donors (Lipinski definition) is 1. The van der Waals surface area contributed by atoms with Crippen LogP contribution in [0, 0.1) is 12.3 Å². The van der Waals surface area contributed by atoms with Gasteiger partial charge in [0.1, 0.15) is 0 Å². The van der Waals surface area contributed by atoms with Gasteiger partial charge in [-0.3, -0.25) is 4.68 Å². The summed E-state index contributed by atoms with van der Waals surface area (Å²) >= 11 is 0. The number of rotatable bonds is 7. The van der Waals surface area contributed by atoms with Crippen LogP contribution >= 0.6 is 0 Å². The van der Waals surface area contributed by atoms with Crippen LogP contribution in [0.2, 0.25) is 0 Å². The first-order valence-electron chi connectivity index (χ1n) is 5.72. The van der Waals surface area contributed by atoms with E-state index in [2.05, 4.69) is 35.1 Å². The second kappa shape index (κ2) is 6.91. The molecule has 1 aromatic rings. The second-order valence-electron chi connectivity index (χ2n) is 3.58. The van der Waals surface area contributed by atoms with Gasteiger partial charge >= 0.3 is 0 Å². The standard InChI is InChI=1S/C12H20N4/c1-4-7-13-12-10-14-16(11-12)9-8-15(5-2)6-3/h1,10-11,13H,5-9H2,2-3H3. The van der Waals surface area contributed by atoms with Crippen LogP contribution in [0.1, 0.15) is 13.8 Å². The fourth-order valence-corrected chi connectivity index (χ4v) is 1.51. The van der Waals surface area contributed by atoms with Crippen LogP contribution in [0.25, 0.3) is 0 Å². The number of aromatic nitrogens is 2. The Morgan fingerprint density at radius 1 is 1.50 bits per heavy atom. The van der Waals surface area contributed by atoms with Crippen LogP contribution in [0.5, 0.6) is 0 Å². The van der Waals surface area contributed by atoms with Crippen molar-refractivity contribution in [3.05, 3.63) is 12.4 Å². The minimum Gasteiger partial charge on any atom is -0.372 e. The smallest absolute Gasteiger partial charge is 0.0764 e. The third-order valence-electron chi connectivity index (χ3n) is 2.57. The van der Waals surface area contributed by atoms with Crippen molar-refractivity contribution in [2.24, 2.45) is 0 Å². The van der Waals surface area contributed by atoms with Crippen LogP contribution in [0.4, 0.5) is 5.69 Å². The summed E-state index contributed by atoms with van der Waals surface area (Å²) in [7, 11) is 0. The van der Waals surface area contributed by atoms with E-state index in [9.17, 15) is 0 Å². The molecule has 1 heterocycles. The van der Waals surface area contributed by atoms with E-state index in [0.717, 1.165) is 31.9 Å². The molecule has 0 spiro atoms. The van der Waals surface area contributed by atoms with Gasteiger partial charge in [-0.25, -0.2) is 0 Å². The first kappa shape index (κ1) is 12.6. The topological polar surface area (TPSA) is 33.1 Å². The summed E-state index contributed by atoms with van der Waals surface area (Å²) in [5, 5.41) is 7.37. The molecule has 1 aromatic heterocycles. The van der Waals surface area contributed by atoms with Crippen LogP contribution < -0.4 is 5.32 Å². The molecule has 0 saturated carbocycles. The van der Waals surface area contributed by atoms with Gasteiger partial charge in [0.2, 0.25) is 0 Å². The lowest BCUT2D eigenvalue weighted by Crippen LogP contribution is -2.27. The Morgan fingerprint density at radius 3 is 2.88 bits per heavy atom. The Morgan fingerprint density at radius 2 is 2.25 bits per heavy atom. The molecule has 0 aliphatic rings. The SMILES string of the molecule is C#CCNc1cnn(CCN(CC)CC)c1. The summed E-state index contributed by atoms with van der Waals surface area (Å²) in [5.41, 5.74) is 0.984. The number of hydrogen-bond acceptors (Lipinski definition) is 3. The molecule has 16 heavy (non-hydrogen) atoms. The van der Waals surface area contributed by atoms with Crippen molar-refractivity contribution in [3.63, 3.8) is 0 Å². The third-order valence-corrected chi connectivity index (χ3v) is 2.57. The number of nitrogens with one attached hydrogen (secondary N) is 1. The summed E-state index contributed by atoms with van der Waals surface area (Å²) in [5.74, 6) is 2.54. The van der Waals surface area contributed by atoms with Crippen molar-refractivity contribution in [3.8, 4) is 12.3 Å². The average Bonchev–Trinajstić information content (AvgIpc) is 2.76. The molecule has 0 aliphatic heterocycles. The lowest BCUT2D eigenvalue weighted by molar-refractivity contribution is 0.285. The zero-order valence-corrected chi connectivity index (χ0v) is 10.1. The molecule has 0 radical (unpaired) electrons. The maximum atomic E-state index is 5.17. The van der Waals surface area contributed by atoms with Gasteiger partial charge in [-0.15, -0.1) is 6.42 Å². The highest BCUT2D eigenvalue weighted by Crippen LogP contribution is 2.03. The Balaban J connectivity index is 2.37. The summed E-state index contributed by atoms with van der Waals surface area (Å²) in [6.45, 7) is 9.00. The van der Waals surface area contributed by atoms with Gasteiger partial charge in [0.05, 0.1) is 25.0 Å². The average molecular weight is 220 g/mol. The summed E-state index contributed by atoms with van der Waals surface area (Å²) in [6, 6.07) is 0. The maximum absolute atomic E-state index is 5.17. The molecular formula is C12H20N4. The summed E-state index contributed by atoms with van der Waals surface area (Å²) in [6.07, 6.45) is 8.96. The molecule has 0 aliphatic carbocycles. The molecule has 4 nitrogen and oxygen atoms in total. The van der Waals surface area contributed by atoms with Crippen LogP contribution in [0.15, 0.2) is 12.4 Å². The van der Waals surface area contributed by atoms with Crippen molar-refractivity contribution in [1.29, 1.82) is 0 Å². The van der Waals surface area contributed by atoms with Crippen LogP contribution in [-0.4, -0.2) is 40.9 Å². The molecule has 1 rings (SSSR count). The monoisotopic (exact) mass is 220 g/mol. The Labute approximate surface area is 97.6 Å². The van der Waals surface area contributed by atoms with Crippen molar-refractivity contribution < 1.29 is 0 Å². The van der Waals surface area contributed by atoms with Crippen LogP contribution in [0.3, 0.4) is 0 Å². The molecule has 0 bridgehead atoms. The van der Waals surface area contributed by atoms with Crippen molar-refractivity contribution in [2.75, 3.05) is 31.5 Å². The fourth-order valence-electron chi connectivity index (χ4n) is 1.51. The molecule has 0 fully saturated rings. The number of likely N-dealkylation sites (N-methyl/N-ethyl adjacent to an activating group) is 1. The molecule has 88 valence electrons. The number of anilines is 1. The van der Waals surface area contributed by atoms with E-state index < -0.39 is 0 Å². The molecule has 0 amide bonds. The highest BCUT2D eigenvalue weighted by Gasteiger charge is 2.01. The first-order chi connectivity index (χ1) is 7.80. The van der Waals surface area contributed by atoms with E-state index in [1.807, 2.05) is 10.9 Å². The molecular weight excluding hydrogens is 200 g/mol. The van der Waals surface area contributed by atoms with E-state index in [4.69, 9.17) is 6.42 Å². The Bertz CT molecular complexity index is 333. The fraction of sp³-hybridized carbons (Fsp3) is 0.583. The lowest BCUT2D eigenvalue weighted by Gasteiger charge is -2.17. The first-order valence-corrected chi connectivity index (χ1v) is 5.72. The van der Waals surface area contributed by atoms with Gasteiger partial charge in [0.15, 0.2) is 0 Å². The normalized spacial score (nSPS) is 10.4. The van der Waals surface area contributed by atoms with E-state index >= 15 is 0 Å². The largest absolute Gasteiger partial charge is 0.372 e. The molecule has 0 aromatic carbocycles. The zero-order chi connectivity index (χ0) is 11.8. The molecule has 4 heteroatoms. The van der Waals surface area contributed by atoms with Crippen molar-refractivity contribution >= 4 is 5.69 Å². The van der Waals surface area contributed by atoms with E-state index in [1.165, 1.54) is 0 Å². The minimum atomic E-state index is 0.543. The molecule has 0 unspecified atom stereocenters. The van der Waals surface area contributed by atoms with Gasteiger partial charge in [0.25, 0.3) is 0 Å². The van der Waals surface area contributed by atoms with Gasteiger partial charge in [0, 0.05) is 12.7 Å². The lowest BCUT2D eigenvalue weighted by atomic mass is 10.4. The Kier molecular flexibility index (Phi) is 5.44. The molecule has 1 N–H and O–H groups in total. The molecule has 0 saturated heterocycles. The van der Waals surface area contributed by atoms with Gasteiger partial charge in [-0.2, -0.15) is 5.10 Å². The van der Waals surface area contributed by atoms with Gasteiger partial charge in [-0.1, -0.05) is 19.8 Å². The van der Waals surface area contributed by atoms with E-state index in [1.54, 1.807) is 6.20 Å². The minimum absolute atomic E-state index is 0.543. The predicted octanol–water partition coefficient (Wildman–Crippen LogP) is 1.27. The maximum Gasteiger partial charge on any atom is 0.0764 e. The second-order valence-corrected chi connectivity index (χ2v) is 3.58. The highest BCUT2D eigenvalue weighted by atomic mass is 15.3. The summed E-state index contributed by atoms with van der Waals surface area (Å²) < 4.78 is 1.94. The van der Waals surface area contributed by atoms with E-state index in [0.29, 0.717) is 6.54 Å². The van der Waals surface area contributed by atoms with Crippen LogP contribution in [-0.2, 0) is 6.54 Å². The quantitative estimate of drug-likeness (QED) is 0.702. The zero-order valence-electron chi connectivity index (χ0n) is 10.1. The van der Waals surface area contributed by atoms with Crippen molar-refractivity contribution in [1.82, 2.24) is 14.7 Å². The Hall–Kier alpha value is -1.47.